The molecule has 1 aliphatic rings. The molecule has 0 spiro atoms. The summed E-state index contributed by atoms with van der Waals surface area (Å²) < 4.78 is 10.4. The van der Waals surface area contributed by atoms with Crippen molar-refractivity contribution in [2.24, 2.45) is 10.9 Å². The zero-order valence-corrected chi connectivity index (χ0v) is 19.8. The fourth-order valence-corrected chi connectivity index (χ4v) is 3.14. The molecule has 1 fully saturated rings. The summed E-state index contributed by atoms with van der Waals surface area (Å²) in [4.78, 5) is 18.3. The second-order valence-corrected chi connectivity index (χ2v) is 6.97. The summed E-state index contributed by atoms with van der Waals surface area (Å²) in [5.41, 5.74) is 0. The minimum Gasteiger partial charge on any atom is -0.466 e. The van der Waals surface area contributed by atoms with E-state index in [9.17, 15) is 4.79 Å². The molecule has 0 radical (unpaired) electrons. The van der Waals surface area contributed by atoms with Crippen LogP contribution in [0.5, 0.6) is 0 Å². The second-order valence-electron chi connectivity index (χ2n) is 6.97. The molecule has 0 unspecified atom stereocenters. The van der Waals surface area contributed by atoms with Gasteiger partial charge < -0.3 is 19.7 Å². The standard InChI is InChI=1S/C20H39N3O3.HI/c1-4-21-20(23(3)15-11-18-12-16-25-17-13-18)22-14-9-7-6-8-10-19(24)26-5-2;/h18H,4-17H2,1-3H3,(H,21,22);1H. The number of rotatable bonds is 12. The van der Waals surface area contributed by atoms with Crippen molar-refractivity contribution >= 4 is 35.9 Å². The zero-order chi connectivity index (χ0) is 19.0. The first-order valence-corrected chi connectivity index (χ1v) is 10.4. The summed E-state index contributed by atoms with van der Waals surface area (Å²) in [6.07, 6.45) is 8.26. The molecule has 1 rings (SSSR count). The monoisotopic (exact) mass is 497 g/mol. The summed E-state index contributed by atoms with van der Waals surface area (Å²) in [6.45, 7) is 9.02. The van der Waals surface area contributed by atoms with Crippen LogP contribution in [0.2, 0.25) is 0 Å². The van der Waals surface area contributed by atoms with Gasteiger partial charge in [0.25, 0.3) is 0 Å². The Balaban J connectivity index is 0.00000676. The molecule has 160 valence electrons. The molecule has 1 N–H and O–H groups in total. The van der Waals surface area contributed by atoms with Crippen molar-refractivity contribution in [2.45, 2.75) is 65.2 Å². The molecular formula is C20H40IN3O3. The van der Waals surface area contributed by atoms with Crippen molar-refractivity contribution in [2.75, 3.05) is 46.5 Å². The van der Waals surface area contributed by atoms with Crippen LogP contribution in [0, 0.1) is 5.92 Å². The molecular weight excluding hydrogens is 457 g/mol. The highest BCUT2D eigenvalue weighted by atomic mass is 127. The Morgan fingerprint density at radius 3 is 2.56 bits per heavy atom. The van der Waals surface area contributed by atoms with Crippen LogP contribution in [0.1, 0.15) is 65.2 Å². The maximum atomic E-state index is 11.3. The van der Waals surface area contributed by atoms with Crippen LogP contribution >= 0.6 is 24.0 Å². The molecule has 1 aliphatic heterocycles. The molecule has 7 heteroatoms. The van der Waals surface area contributed by atoms with E-state index in [1.165, 1.54) is 19.3 Å². The number of hydrogen-bond donors (Lipinski definition) is 1. The number of carbonyl (C=O) groups excluding carboxylic acids is 1. The van der Waals surface area contributed by atoms with Crippen LogP contribution in [-0.4, -0.2) is 63.3 Å². The second kappa shape index (κ2) is 17.5. The van der Waals surface area contributed by atoms with Crippen LogP contribution in [0.25, 0.3) is 0 Å². The highest BCUT2D eigenvalue weighted by Crippen LogP contribution is 2.18. The van der Waals surface area contributed by atoms with Crippen molar-refractivity contribution in [3.05, 3.63) is 0 Å². The lowest BCUT2D eigenvalue weighted by atomic mass is 9.96. The van der Waals surface area contributed by atoms with Gasteiger partial charge in [-0.25, -0.2) is 0 Å². The van der Waals surface area contributed by atoms with Gasteiger partial charge in [0.05, 0.1) is 6.61 Å². The van der Waals surface area contributed by atoms with E-state index in [0.717, 1.165) is 70.4 Å². The first-order valence-electron chi connectivity index (χ1n) is 10.4. The summed E-state index contributed by atoms with van der Waals surface area (Å²) in [7, 11) is 2.13. The first kappa shape index (κ1) is 26.4. The van der Waals surface area contributed by atoms with Gasteiger partial charge in [-0.15, -0.1) is 24.0 Å². The minimum atomic E-state index is -0.0777. The molecule has 1 heterocycles. The number of nitrogens with one attached hydrogen (secondary N) is 1. The van der Waals surface area contributed by atoms with E-state index in [0.29, 0.717) is 13.0 Å². The van der Waals surface area contributed by atoms with Gasteiger partial charge in [0, 0.05) is 46.3 Å². The Labute approximate surface area is 182 Å². The summed E-state index contributed by atoms with van der Waals surface area (Å²) in [6, 6.07) is 0. The summed E-state index contributed by atoms with van der Waals surface area (Å²) in [5, 5.41) is 3.39. The highest BCUT2D eigenvalue weighted by molar-refractivity contribution is 14.0. The maximum Gasteiger partial charge on any atom is 0.305 e. The number of ether oxygens (including phenoxy) is 2. The Morgan fingerprint density at radius 2 is 1.89 bits per heavy atom. The number of hydrogen-bond acceptors (Lipinski definition) is 4. The lowest BCUT2D eigenvalue weighted by Gasteiger charge is -2.26. The predicted octanol–water partition coefficient (Wildman–Crippen LogP) is 3.83. The molecule has 0 amide bonds. The lowest BCUT2D eigenvalue weighted by Crippen LogP contribution is -2.40. The van der Waals surface area contributed by atoms with Crippen LogP contribution in [0.3, 0.4) is 0 Å². The number of aliphatic imine (C=N–C) groups is 1. The van der Waals surface area contributed by atoms with Crippen LogP contribution in [0.15, 0.2) is 4.99 Å². The van der Waals surface area contributed by atoms with Gasteiger partial charge in [-0.2, -0.15) is 0 Å². The average Bonchev–Trinajstić information content (AvgIpc) is 2.65. The number of esters is 1. The molecule has 27 heavy (non-hydrogen) atoms. The minimum absolute atomic E-state index is 0. The predicted molar refractivity (Wildman–Crippen MR) is 122 cm³/mol. The van der Waals surface area contributed by atoms with E-state index in [2.05, 4.69) is 24.2 Å². The maximum absolute atomic E-state index is 11.3. The van der Waals surface area contributed by atoms with E-state index < -0.39 is 0 Å². The molecule has 0 atom stereocenters. The van der Waals surface area contributed by atoms with Gasteiger partial charge in [0.1, 0.15) is 0 Å². The topological polar surface area (TPSA) is 63.2 Å². The van der Waals surface area contributed by atoms with E-state index in [1.54, 1.807) is 0 Å². The van der Waals surface area contributed by atoms with Crippen LogP contribution in [0.4, 0.5) is 0 Å². The van der Waals surface area contributed by atoms with E-state index in [1.807, 2.05) is 6.92 Å². The van der Waals surface area contributed by atoms with Crippen molar-refractivity contribution in [3.63, 3.8) is 0 Å². The van der Waals surface area contributed by atoms with Crippen molar-refractivity contribution in [1.29, 1.82) is 0 Å². The molecule has 6 nitrogen and oxygen atoms in total. The molecule has 0 aromatic carbocycles. The zero-order valence-electron chi connectivity index (χ0n) is 17.5. The van der Waals surface area contributed by atoms with E-state index >= 15 is 0 Å². The smallest absolute Gasteiger partial charge is 0.305 e. The van der Waals surface area contributed by atoms with Crippen molar-refractivity contribution in [3.8, 4) is 0 Å². The van der Waals surface area contributed by atoms with Gasteiger partial charge in [-0.05, 0) is 51.9 Å². The largest absolute Gasteiger partial charge is 0.466 e. The van der Waals surface area contributed by atoms with Gasteiger partial charge in [-0.3, -0.25) is 9.79 Å². The molecule has 0 bridgehead atoms. The lowest BCUT2D eigenvalue weighted by molar-refractivity contribution is -0.143. The SMILES string of the molecule is CCNC(=NCCCCCCC(=O)OCC)N(C)CCC1CCOCC1.I. The Hall–Kier alpha value is -0.570. The average molecular weight is 497 g/mol. The number of guanidine groups is 1. The third kappa shape index (κ3) is 13.3. The number of carbonyl (C=O) groups is 1. The third-order valence-electron chi connectivity index (χ3n) is 4.77. The summed E-state index contributed by atoms with van der Waals surface area (Å²) >= 11 is 0. The van der Waals surface area contributed by atoms with Crippen molar-refractivity contribution in [1.82, 2.24) is 10.2 Å². The molecule has 0 aliphatic carbocycles. The van der Waals surface area contributed by atoms with Crippen molar-refractivity contribution < 1.29 is 14.3 Å². The van der Waals surface area contributed by atoms with E-state index in [4.69, 9.17) is 14.5 Å². The Morgan fingerprint density at radius 1 is 1.19 bits per heavy atom. The van der Waals surface area contributed by atoms with Gasteiger partial charge in [-0.1, -0.05) is 12.8 Å². The highest BCUT2D eigenvalue weighted by Gasteiger charge is 2.15. The van der Waals surface area contributed by atoms with Gasteiger partial charge in [0.15, 0.2) is 5.96 Å². The molecule has 1 saturated heterocycles. The third-order valence-corrected chi connectivity index (χ3v) is 4.77. The van der Waals surface area contributed by atoms with Crippen LogP contribution in [-0.2, 0) is 14.3 Å². The Kier molecular flexibility index (Phi) is 17.2. The van der Waals surface area contributed by atoms with E-state index in [-0.39, 0.29) is 29.9 Å². The van der Waals surface area contributed by atoms with Gasteiger partial charge in [0.2, 0.25) is 0 Å². The Bertz CT molecular complexity index is 402. The molecule has 0 aromatic rings. The number of unbranched alkanes of at least 4 members (excludes halogenated alkanes) is 3. The van der Waals surface area contributed by atoms with Crippen LogP contribution < -0.4 is 5.32 Å². The first-order chi connectivity index (χ1) is 12.7. The molecule has 0 aromatic heterocycles. The fourth-order valence-electron chi connectivity index (χ4n) is 3.14. The number of nitrogens with zero attached hydrogens (tertiary/aromatic N) is 2. The summed E-state index contributed by atoms with van der Waals surface area (Å²) in [5.74, 6) is 1.71. The quantitative estimate of drug-likeness (QED) is 0.146. The number of halogens is 1. The molecule has 0 saturated carbocycles. The fraction of sp³-hybridized carbons (Fsp3) is 0.900. The normalized spacial score (nSPS) is 15.1. The van der Waals surface area contributed by atoms with Gasteiger partial charge >= 0.3 is 5.97 Å².